The van der Waals surface area contributed by atoms with Crippen LogP contribution in [0.5, 0.6) is 0 Å². The highest BCUT2D eigenvalue weighted by molar-refractivity contribution is 7.86. The summed E-state index contributed by atoms with van der Waals surface area (Å²) >= 11 is 5.64. The number of alkyl halides is 3. The van der Waals surface area contributed by atoms with Gasteiger partial charge in [-0.05, 0) is 30.3 Å². The Hall–Kier alpha value is -2.27. The van der Waals surface area contributed by atoms with Gasteiger partial charge in [0, 0.05) is 11.2 Å². The second kappa shape index (κ2) is 6.69. The van der Waals surface area contributed by atoms with Gasteiger partial charge in [0.05, 0.1) is 0 Å². The normalized spacial score (nSPS) is 13.1. The summed E-state index contributed by atoms with van der Waals surface area (Å²) in [6, 6.07) is 5.83. The van der Waals surface area contributed by atoms with Crippen molar-refractivity contribution in [2.75, 3.05) is 0 Å². The van der Waals surface area contributed by atoms with Crippen LogP contribution in [0.25, 0.3) is 0 Å². The lowest BCUT2D eigenvalue weighted by Crippen LogP contribution is -2.21. The fourth-order valence-electron chi connectivity index (χ4n) is 1.54. The van der Waals surface area contributed by atoms with E-state index in [-0.39, 0.29) is 17.3 Å². The SMILES string of the molecule is N/C(Cn1ccc(C(F)(F)F)n1)=N\OS(=O)(=O)c1ccc(Cl)cc1. The van der Waals surface area contributed by atoms with Gasteiger partial charge in [0.15, 0.2) is 11.5 Å². The Balaban J connectivity index is 2.06. The van der Waals surface area contributed by atoms with E-state index in [4.69, 9.17) is 17.3 Å². The monoisotopic (exact) mass is 382 g/mol. The summed E-state index contributed by atoms with van der Waals surface area (Å²) in [5.41, 5.74) is 4.32. The first kappa shape index (κ1) is 18.1. The molecule has 0 aliphatic carbocycles. The first-order valence-electron chi connectivity index (χ1n) is 6.20. The second-order valence-corrected chi connectivity index (χ2v) is 6.43. The number of amidine groups is 1. The number of nitrogens with zero attached hydrogens (tertiary/aromatic N) is 3. The number of halogens is 4. The van der Waals surface area contributed by atoms with Crippen LogP contribution in [0.4, 0.5) is 13.2 Å². The van der Waals surface area contributed by atoms with Crippen LogP contribution in [-0.4, -0.2) is 24.0 Å². The minimum absolute atomic E-state index is 0.207. The number of nitrogens with two attached hydrogens (primary N) is 1. The lowest BCUT2D eigenvalue weighted by molar-refractivity contribution is -0.141. The number of benzene rings is 1. The van der Waals surface area contributed by atoms with Gasteiger partial charge in [-0.1, -0.05) is 16.8 Å². The molecule has 0 spiro atoms. The number of rotatable bonds is 5. The molecule has 1 aromatic heterocycles. The van der Waals surface area contributed by atoms with Gasteiger partial charge >= 0.3 is 16.3 Å². The van der Waals surface area contributed by atoms with E-state index >= 15 is 0 Å². The van der Waals surface area contributed by atoms with Crippen molar-refractivity contribution in [3.63, 3.8) is 0 Å². The molecule has 24 heavy (non-hydrogen) atoms. The molecule has 7 nitrogen and oxygen atoms in total. The van der Waals surface area contributed by atoms with E-state index in [9.17, 15) is 21.6 Å². The number of hydrogen-bond acceptors (Lipinski definition) is 5. The summed E-state index contributed by atoms with van der Waals surface area (Å²) in [6.45, 7) is -0.383. The molecule has 0 saturated carbocycles. The van der Waals surface area contributed by atoms with E-state index in [1.165, 1.54) is 24.3 Å². The molecule has 0 radical (unpaired) electrons. The second-order valence-electron chi connectivity index (χ2n) is 4.46. The lowest BCUT2D eigenvalue weighted by Gasteiger charge is -2.04. The number of hydrogen-bond donors (Lipinski definition) is 1. The summed E-state index contributed by atoms with van der Waals surface area (Å²) < 4.78 is 66.1. The van der Waals surface area contributed by atoms with Crippen molar-refractivity contribution in [3.05, 3.63) is 47.2 Å². The Kier molecular flexibility index (Phi) is 5.04. The van der Waals surface area contributed by atoms with Crippen molar-refractivity contribution >= 4 is 27.6 Å². The van der Waals surface area contributed by atoms with Crippen LogP contribution in [0, 0.1) is 0 Å². The molecule has 0 aliphatic rings. The highest BCUT2D eigenvalue weighted by atomic mass is 35.5. The third-order valence-corrected chi connectivity index (χ3v) is 3.98. The minimum atomic E-state index is -4.59. The zero-order valence-corrected chi connectivity index (χ0v) is 13.3. The average Bonchev–Trinajstić information content (AvgIpc) is 2.94. The Morgan fingerprint density at radius 2 is 1.92 bits per heavy atom. The van der Waals surface area contributed by atoms with Gasteiger partial charge in [-0.3, -0.25) is 8.97 Å². The molecule has 0 fully saturated rings. The molecular formula is C12H10ClF3N4O3S. The number of aromatic nitrogens is 2. The van der Waals surface area contributed by atoms with E-state index in [1.807, 2.05) is 0 Å². The van der Waals surface area contributed by atoms with E-state index in [0.717, 1.165) is 16.9 Å². The van der Waals surface area contributed by atoms with E-state index in [2.05, 4.69) is 14.5 Å². The zero-order chi connectivity index (χ0) is 18.0. The van der Waals surface area contributed by atoms with Crippen LogP contribution in [0.2, 0.25) is 5.02 Å². The average molecular weight is 383 g/mol. The zero-order valence-electron chi connectivity index (χ0n) is 11.7. The third kappa shape index (κ3) is 4.61. The van der Waals surface area contributed by atoms with Crippen molar-refractivity contribution in [3.8, 4) is 0 Å². The summed E-state index contributed by atoms with van der Waals surface area (Å²) in [7, 11) is -4.22. The number of oxime groups is 1. The Morgan fingerprint density at radius 1 is 1.29 bits per heavy atom. The van der Waals surface area contributed by atoms with Crippen molar-refractivity contribution in [2.24, 2.45) is 10.9 Å². The maximum atomic E-state index is 12.4. The van der Waals surface area contributed by atoms with Crippen LogP contribution in [-0.2, 0) is 27.1 Å². The largest absolute Gasteiger partial charge is 0.435 e. The van der Waals surface area contributed by atoms with Crippen molar-refractivity contribution in [2.45, 2.75) is 17.6 Å². The quantitative estimate of drug-likeness (QED) is 0.485. The molecule has 2 N–H and O–H groups in total. The molecule has 12 heteroatoms. The van der Waals surface area contributed by atoms with Crippen molar-refractivity contribution in [1.82, 2.24) is 9.78 Å². The molecule has 0 unspecified atom stereocenters. The van der Waals surface area contributed by atoms with Crippen LogP contribution in [0.1, 0.15) is 5.69 Å². The molecule has 0 saturated heterocycles. The van der Waals surface area contributed by atoms with Crippen LogP contribution in [0.15, 0.2) is 46.6 Å². The van der Waals surface area contributed by atoms with Crippen molar-refractivity contribution in [1.29, 1.82) is 0 Å². The molecule has 1 heterocycles. The summed E-state index contributed by atoms with van der Waals surface area (Å²) in [5.74, 6) is -0.385. The predicted octanol–water partition coefficient (Wildman–Crippen LogP) is 2.23. The maximum Gasteiger partial charge on any atom is 0.435 e. The molecule has 2 rings (SSSR count). The van der Waals surface area contributed by atoms with Gasteiger partial charge in [0.1, 0.15) is 11.4 Å². The summed E-state index contributed by atoms with van der Waals surface area (Å²) in [5, 5.41) is 6.77. The van der Waals surface area contributed by atoms with Gasteiger partial charge in [-0.15, -0.1) is 0 Å². The van der Waals surface area contributed by atoms with Gasteiger partial charge < -0.3 is 5.73 Å². The van der Waals surface area contributed by atoms with Gasteiger partial charge in [0.2, 0.25) is 0 Å². The highest BCUT2D eigenvalue weighted by Crippen LogP contribution is 2.27. The smallest absolute Gasteiger partial charge is 0.383 e. The van der Waals surface area contributed by atoms with Crippen LogP contribution in [0.3, 0.4) is 0 Å². The Morgan fingerprint density at radius 3 is 2.46 bits per heavy atom. The fraction of sp³-hybridized carbons (Fsp3) is 0.167. The van der Waals surface area contributed by atoms with E-state index in [0.29, 0.717) is 5.02 Å². The molecule has 1 aromatic carbocycles. The summed E-state index contributed by atoms with van der Waals surface area (Å²) in [4.78, 5) is -0.207. The third-order valence-electron chi connectivity index (χ3n) is 2.61. The van der Waals surface area contributed by atoms with Gasteiger partial charge in [-0.2, -0.15) is 26.7 Å². The van der Waals surface area contributed by atoms with E-state index < -0.39 is 22.0 Å². The van der Waals surface area contributed by atoms with Crippen LogP contribution < -0.4 is 5.73 Å². The predicted molar refractivity (Wildman–Crippen MR) is 78.6 cm³/mol. The molecule has 0 aliphatic heterocycles. The standard InChI is InChI=1S/C12H10ClF3N4O3S/c13-8-1-3-9(4-2-8)24(21,22)23-19-11(17)7-20-6-5-10(18-20)12(14,15)16/h1-6H,7H2,(H2,17,19). The molecule has 0 amide bonds. The van der Waals surface area contributed by atoms with Gasteiger partial charge in [-0.25, -0.2) is 0 Å². The van der Waals surface area contributed by atoms with Crippen LogP contribution >= 0.6 is 11.6 Å². The molecule has 130 valence electrons. The minimum Gasteiger partial charge on any atom is -0.383 e. The molecule has 2 aromatic rings. The maximum absolute atomic E-state index is 12.4. The molecule has 0 bridgehead atoms. The lowest BCUT2D eigenvalue weighted by atomic mass is 10.4. The first-order chi connectivity index (χ1) is 11.1. The molecular weight excluding hydrogens is 373 g/mol. The van der Waals surface area contributed by atoms with Crippen molar-refractivity contribution < 1.29 is 25.9 Å². The molecule has 0 atom stereocenters. The Bertz CT molecular complexity index is 847. The fourth-order valence-corrected chi connectivity index (χ4v) is 2.41. The Labute approximate surface area is 139 Å². The first-order valence-corrected chi connectivity index (χ1v) is 7.99. The topological polar surface area (TPSA) is 99.6 Å². The van der Waals surface area contributed by atoms with E-state index in [1.54, 1.807) is 0 Å². The summed E-state index contributed by atoms with van der Waals surface area (Å²) in [6.07, 6.45) is -3.57. The van der Waals surface area contributed by atoms with Gasteiger partial charge in [0.25, 0.3) is 0 Å². The highest BCUT2D eigenvalue weighted by Gasteiger charge is 2.33.